The molecule has 0 spiro atoms. The predicted octanol–water partition coefficient (Wildman–Crippen LogP) is 3.00. The van der Waals surface area contributed by atoms with Crippen LogP contribution in [0, 0.1) is 6.92 Å². The standard InChI is InChI=1S/C18H15N3O3S/c1-11-7-13(22)8-15(23)14(11)9-16-17(24)20-18(25-16)21-19-10-12-5-3-2-4-6-12/h2-10,22-23H,1H3,(H,20,21,24)/b16-9-,19-10+. The average molecular weight is 353 g/mol. The van der Waals surface area contributed by atoms with Crippen molar-refractivity contribution >= 4 is 35.1 Å². The van der Waals surface area contributed by atoms with Crippen molar-refractivity contribution in [3.63, 3.8) is 0 Å². The smallest absolute Gasteiger partial charge is 0.264 e. The molecule has 1 saturated heterocycles. The molecule has 0 radical (unpaired) electrons. The van der Waals surface area contributed by atoms with E-state index in [9.17, 15) is 15.0 Å². The number of aryl methyl sites for hydroxylation is 1. The molecular weight excluding hydrogens is 338 g/mol. The van der Waals surface area contributed by atoms with Crippen LogP contribution >= 0.6 is 11.8 Å². The van der Waals surface area contributed by atoms with Crippen LogP contribution < -0.4 is 5.32 Å². The Kier molecular flexibility index (Phi) is 4.85. The second-order valence-corrected chi connectivity index (χ2v) is 6.35. The van der Waals surface area contributed by atoms with Gasteiger partial charge in [-0.3, -0.25) is 10.1 Å². The first kappa shape index (κ1) is 16.8. The molecule has 0 aromatic heterocycles. The van der Waals surface area contributed by atoms with Crippen molar-refractivity contribution in [3.8, 4) is 11.5 Å². The Hall–Kier alpha value is -3.06. The molecule has 0 atom stereocenters. The van der Waals surface area contributed by atoms with E-state index in [1.165, 1.54) is 12.1 Å². The molecule has 1 amide bonds. The number of rotatable bonds is 3. The van der Waals surface area contributed by atoms with Gasteiger partial charge >= 0.3 is 0 Å². The molecule has 2 aromatic rings. The minimum absolute atomic E-state index is 0.0295. The number of benzene rings is 2. The summed E-state index contributed by atoms with van der Waals surface area (Å²) < 4.78 is 0. The number of amidine groups is 1. The molecule has 25 heavy (non-hydrogen) atoms. The fraction of sp³-hybridized carbons (Fsp3) is 0.0556. The van der Waals surface area contributed by atoms with Gasteiger partial charge in [-0.05, 0) is 42.0 Å². The summed E-state index contributed by atoms with van der Waals surface area (Å²) in [5, 5.41) is 30.4. The van der Waals surface area contributed by atoms with Crippen LogP contribution in [-0.4, -0.2) is 27.5 Å². The lowest BCUT2D eigenvalue weighted by Crippen LogP contribution is -2.19. The highest BCUT2D eigenvalue weighted by Gasteiger charge is 2.24. The summed E-state index contributed by atoms with van der Waals surface area (Å²) in [7, 11) is 0. The molecule has 1 fully saturated rings. The van der Waals surface area contributed by atoms with Crippen LogP contribution in [-0.2, 0) is 4.79 Å². The number of hydrogen-bond acceptors (Lipinski definition) is 6. The van der Waals surface area contributed by atoms with E-state index in [0.717, 1.165) is 17.3 Å². The van der Waals surface area contributed by atoms with Crippen LogP contribution in [0.15, 0.2) is 57.6 Å². The molecule has 0 saturated carbocycles. The zero-order valence-corrected chi connectivity index (χ0v) is 14.1. The van der Waals surface area contributed by atoms with E-state index in [2.05, 4.69) is 15.5 Å². The highest BCUT2D eigenvalue weighted by molar-refractivity contribution is 8.18. The van der Waals surface area contributed by atoms with Gasteiger partial charge in [0, 0.05) is 11.6 Å². The van der Waals surface area contributed by atoms with Gasteiger partial charge in [0.2, 0.25) is 0 Å². The number of carbonyl (C=O) groups is 1. The number of amides is 1. The zero-order valence-electron chi connectivity index (χ0n) is 13.3. The summed E-state index contributed by atoms with van der Waals surface area (Å²) in [6.07, 6.45) is 3.16. The number of hydrogen-bond donors (Lipinski definition) is 3. The summed E-state index contributed by atoms with van der Waals surface area (Å²) in [6.45, 7) is 1.74. The maximum Gasteiger partial charge on any atom is 0.264 e. The Morgan fingerprint density at radius 3 is 2.64 bits per heavy atom. The number of nitrogens with one attached hydrogen (secondary N) is 1. The minimum atomic E-state index is -0.314. The molecule has 3 rings (SSSR count). The lowest BCUT2D eigenvalue weighted by Gasteiger charge is -2.05. The Labute approximate surface area is 148 Å². The van der Waals surface area contributed by atoms with E-state index in [1.807, 2.05) is 30.3 Å². The predicted molar refractivity (Wildman–Crippen MR) is 99.7 cm³/mol. The Morgan fingerprint density at radius 1 is 1.16 bits per heavy atom. The normalized spacial score (nSPS) is 17.6. The first-order valence-electron chi connectivity index (χ1n) is 7.42. The molecule has 2 aromatic carbocycles. The number of phenolic OH excluding ortho intramolecular Hbond substituents is 2. The molecule has 1 heterocycles. The van der Waals surface area contributed by atoms with Crippen molar-refractivity contribution in [1.29, 1.82) is 0 Å². The van der Waals surface area contributed by atoms with Gasteiger partial charge in [0.25, 0.3) is 5.91 Å². The van der Waals surface area contributed by atoms with Crippen LogP contribution in [0.4, 0.5) is 0 Å². The summed E-state index contributed by atoms with van der Waals surface area (Å²) in [4.78, 5) is 12.4. The molecule has 3 N–H and O–H groups in total. The van der Waals surface area contributed by atoms with E-state index < -0.39 is 0 Å². The fourth-order valence-corrected chi connectivity index (χ4v) is 3.00. The van der Waals surface area contributed by atoms with Crippen molar-refractivity contribution in [2.24, 2.45) is 10.2 Å². The molecular formula is C18H15N3O3S. The van der Waals surface area contributed by atoms with Gasteiger partial charge in [0.05, 0.1) is 11.1 Å². The number of phenols is 2. The highest BCUT2D eigenvalue weighted by atomic mass is 32.2. The Morgan fingerprint density at radius 2 is 1.92 bits per heavy atom. The molecule has 7 heteroatoms. The molecule has 0 bridgehead atoms. The number of thioether (sulfide) groups is 1. The summed E-state index contributed by atoms with van der Waals surface area (Å²) in [6, 6.07) is 12.2. The third kappa shape index (κ3) is 4.07. The number of aromatic hydroxyl groups is 2. The van der Waals surface area contributed by atoms with Gasteiger partial charge in [-0.1, -0.05) is 30.3 Å². The number of nitrogens with zero attached hydrogens (tertiary/aromatic N) is 2. The lowest BCUT2D eigenvalue weighted by atomic mass is 10.1. The van der Waals surface area contributed by atoms with Crippen LogP contribution in [0.2, 0.25) is 0 Å². The first-order chi connectivity index (χ1) is 12.0. The quantitative estimate of drug-likeness (QED) is 0.449. The van der Waals surface area contributed by atoms with Gasteiger partial charge in [-0.15, -0.1) is 5.10 Å². The zero-order chi connectivity index (χ0) is 17.8. The molecule has 1 aliphatic heterocycles. The van der Waals surface area contributed by atoms with Gasteiger partial charge in [-0.2, -0.15) is 5.10 Å². The van der Waals surface area contributed by atoms with Crippen LogP contribution in [0.3, 0.4) is 0 Å². The molecule has 126 valence electrons. The van der Waals surface area contributed by atoms with Gasteiger partial charge in [0.1, 0.15) is 11.5 Å². The Balaban J connectivity index is 1.79. The maximum atomic E-state index is 12.0. The van der Waals surface area contributed by atoms with Gasteiger partial charge in [0.15, 0.2) is 5.17 Å². The highest BCUT2D eigenvalue weighted by Crippen LogP contribution is 2.32. The first-order valence-corrected chi connectivity index (χ1v) is 8.24. The molecule has 0 aliphatic carbocycles. The van der Waals surface area contributed by atoms with Crippen LogP contribution in [0.5, 0.6) is 11.5 Å². The van der Waals surface area contributed by atoms with Crippen molar-refractivity contribution in [1.82, 2.24) is 5.32 Å². The fourth-order valence-electron chi connectivity index (χ4n) is 2.24. The van der Waals surface area contributed by atoms with E-state index in [1.54, 1.807) is 19.2 Å². The summed E-state index contributed by atoms with van der Waals surface area (Å²) in [5.74, 6) is -0.436. The average Bonchev–Trinajstić information content (AvgIpc) is 2.91. The van der Waals surface area contributed by atoms with Crippen molar-refractivity contribution in [2.75, 3.05) is 0 Å². The largest absolute Gasteiger partial charge is 0.508 e. The van der Waals surface area contributed by atoms with Crippen molar-refractivity contribution in [2.45, 2.75) is 6.92 Å². The second kappa shape index (κ2) is 7.23. The molecule has 6 nitrogen and oxygen atoms in total. The van der Waals surface area contributed by atoms with Crippen LogP contribution in [0.25, 0.3) is 6.08 Å². The lowest BCUT2D eigenvalue weighted by molar-refractivity contribution is -0.115. The molecule has 0 unspecified atom stereocenters. The summed E-state index contributed by atoms with van der Waals surface area (Å²) in [5.41, 5.74) is 2.04. The SMILES string of the molecule is Cc1cc(O)cc(O)c1/C=C1\S/C(=N/N=C/c2ccccc2)NC1=O. The van der Waals surface area contributed by atoms with Crippen molar-refractivity contribution in [3.05, 3.63) is 64.1 Å². The van der Waals surface area contributed by atoms with Crippen LogP contribution in [0.1, 0.15) is 16.7 Å². The minimum Gasteiger partial charge on any atom is -0.508 e. The van der Waals surface area contributed by atoms with E-state index in [-0.39, 0.29) is 17.4 Å². The monoisotopic (exact) mass is 353 g/mol. The van der Waals surface area contributed by atoms with E-state index in [0.29, 0.717) is 21.2 Å². The maximum absolute atomic E-state index is 12.0. The number of carbonyl (C=O) groups excluding carboxylic acids is 1. The Bertz CT molecular complexity index is 882. The van der Waals surface area contributed by atoms with Gasteiger partial charge in [-0.25, -0.2) is 0 Å². The molecule has 1 aliphatic rings. The van der Waals surface area contributed by atoms with Gasteiger partial charge < -0.3 is 10.2 Å². The summed E-state index contributed by atoms with van der Waals surface area (Å²) >= 11 is 1.13. The topological polar surface area (TPSA) is 94.3 Å². The second-order valence-electron chi connectivity index (χ2n) is 5.32. The third-order valence-corrected chi connectivity index (χ3v) is 4.33. The van der Waals surface area contributed by atoms with Crippen molar-refractivity contribution < 1.29 is 15.0 Å². The third-order valence-electron chi connectivity index (χ3n) is 3.43. The van der Waals surface area contributed by atoms with E-state index in [4.69, 9.17) is 0 Å². The van der Waals surface area contributed by atoms with E-state index >= 15 is 0 Å².